The summed E-state index contributed by atoms with van der Waals surface area (Å²) in [7, 11) is 1.71. The SMILES string of the molecule is Cl.Cn1c(=O)c(CN2CC=C(C(=N)N)S2)nc2cc(C3(NC(=O)C(C(=O)O)C4CCCC4)CC3)ccc21. The Kier molecular flexibility index (Phi) is 7.68. The molecule has 3 aliphatic rings. The molecule has 1 amide bonds. The molecule has 1 aliphatic heterocycles. The monoisotopic (exact) mass is 546 g/mol. The van der Waals surface area contributed by atoms with Crippen LogP contribution in [0.15, 0.2) is 34.0 Å². The van der Waals surface area contributed by atoms with Crippen LogP contribution in [0.1, 0.15) is 49.8 Å². The highest BCUT2D eigenvalue weighted by Gasteiger charge is 2.48. The van der Waals surface area contributed by atoms with E-state index in [1.54, 1.807) is 11.6 Å². The average Bonchev–Trinajstić information content (AvgIpc) is 3.20. The van der Waals surface area contributed by atoms with Gasteiger partial charge in [0.05, 0.1) is 28.0 Å². The van der Waals surface area contributed by atoms with Crippen LogP contribution in [-0.2, 0) is 28.7 Å². The fourth-order valence-electron chi connectivity index (χ4n) is 5.36. The van der Waals surface area contributed by atoms with E-state index in [9.17, 15) is 19.5 Å². The summed E-state index contributed by atoms with van der Waals surface area (Å²) in [6.07, 6.45) is 6.78. The maximum atomic E-state index is 13.1. The van der Waals surface area contributed by atoms with Crippen molar-refractivity contribution in [3.05, 3.63) is 50.8 Å². The molecule has 1 unspecified atom stereocenters. The molecule has 2 fully saturated rings. The molecule has 1 atom stereocenters. The van der Waals surface area contributed by atoms with E-state index in [4.69, 9.17) is 11.1 Å². The average molecular weight is 547 g/mol. The van der Waals surface area contributed by atoms with E-state index in [0.717, 1.165) is 44.1 Å². The number of carbonyl (C=O) groups is 2. The smallest absolute Gasteiger partial charge is 0.316 e. The molecular weight excluding hydrogens is 516 g/mol. The fourth-order valence-corrected chi connectivity index (χ4v) is 6.22. The van der Waals surface area contributed by atoms with Gasteiger partial charge in [0, 0.05) is 13.6 Å². The van der Waals surface area contributed by atoms with E-state index in [2.05, 4.69) is 10.3 Å². The maximum Gasteiger partial charge on any atom is 0.316 e. The number of carbonyl (C=O) groups excluding carboxylic acids is 1. The number of benzene rings is 1. The first kappa shape index (κ1) is 27.2. The predicted octanol–water partition coefficient (Wildman–Crippen LogP) is 2.64. The van der Waals surface area contributed by atoms with Crippen molar-refractivity contribution in [2.45, 2.75) is 50.6 Å². The van der Waals surface area contributed by atoms with Crippen molar-refractivity contribution in [1.29, 1.82) is 5.41 Å². The zero-order chi connectivity index (χ0) is 25.6. The number of hydrogen-bond donors (Lipinski definition) is 4. The highest BCUT2D eigenvalue weighted by molar-refractivity contribution is 8.02. The van der Waals surface area contributed by atoms with E-state index in [1.165, 1.54) is 11.9 Å². The lowest BCUT2D eigenvalue weighted by molar-refractivity contribution is -0.149. The van der Waals surface area contributed by atoms with Gasteiger partial charge in [0.1, 0.15) is 17.4 Å². The quantitative estimate of drug-likeness (QED) is 0.170. The zero-order valence-corrected chi connectivity index (χ0v) is 22.2. The minimum absolute atomic E-state index is 0. The van der Waals surface area contributed by atoms with Crippen LogP contribution in [-0.4, -0.2) is 43.2 Å². The second-order valence-corrected chi connectivity index (χ2v) is 11.1. The zero-order valence-electron chi connectivity index (χ0n) is 20.5. The molecule has 0 bridgehead atoms. The van der Waals surface area contributed by atoms with E-state index < -0.39 is 23.3 Å². The van der Waals surface area contributed by atoms with Gasteiger partial charge in [0.15, 0.2) is 0 Å². The summed E-state index contributed by atoms with van der Waals surface area (Å²) >= 11 is 1.33. The fraction of sp³-hybridized carbons (Fsp3) is 0.480. The van der Waals surface area contributed by atoms with Gasteiger partial charge in [0.25, 0.3) is 5.56 Å². The van der Waals surface area contributed by atoms with Gasteiger partial charge in [-0.1, -0.05) is 25.0 Å². The van der Waals surface area contributed by atoms with Gasteiger partial charge in [-0.05, 0) is 61.2 Å². The Bertz CT molecular complexity index is 1350. The van der Waals surface area contributed by atoms with Crippen LogP contribution >= 0.6 is 24.4 Å². The molecule has 0 spiro atoms. The molecule has 2 heterocycles. The normalized spacial score (nSPS) is 19.8. The van der Waals surface area contributed by atoms with Gasteiger partial charge in [-0.15, -0.1) is 12.4 Å². The molecule has 2 aliphatic carbocycles. The van der Waals surface area contributed by atoms with Crippen molar-refractivity contribution < 1.29 is 14.7 Å². The lowest BCUT2D eigenvalue weighted by atomic mass is 9.89. The lowest BCUT2D eigenvalue weighted by Crippen LogP contribution is -2.44. The summed E-state index contributed by atoms with van der Waals surface area (Å²) in [5.74, 6) is -2.61. The van der Waals surface area contributed by atoms with Crippen LogP contribution in [0.25, 0.3) is 11.0 Å². The van der Waals surface area contributed by atoms with Gasteiger partial charge in [-0.2, -0.15) is 0 Å². The summed E-state index contributed by atoms with van der Waals surface area (Å²) in [6.45, 7) is 0.859. The topological polar surface area (TPSA) is 154 Å². The number of nitrogens with one attached hydrogen (secondary N) is 2. The maximum absolute atomic E-state index is 13.1. The molecule has 37 heavy (non-hydrogen) atoms. The van der Waals surface area contributed by atoms with Crippen LogP contribution in [0, 0.1) is 17.2 Å². The Hall–Kier alpha value is -2.89. The Morgan fingerprint density at radius 2 is 2.03 bits per heavy atom. The third-order valence-electron chi connectivity index (χ3n) is 7.53. The molecule has 2 aromatic rings. The number of hydrogen-bond acceptors (Lipinski definition) is 7. The van der Waals surface area contributed by atoms with Gasteiger partial charge in [-0.3, -0.25) is 19.8 Å². The number of aromatic nitrogens is 2. The van der Waals surface area contributed by atoms with Crippen molar-refractivity contribution in [2.75, 3.05) is 6.54 Å². The Balaban J connectivity index is 0.00000320. The number of nitrogens with zero attached hydrogens (tertiary/aromatic N) is 3. The Morgan fingerprint density at radius 1 is 1.32 bits per heavy atom. The molecule has 0 saturated heterocycles. The summed E-state index contributed by atoms with van der Waals surface area (Å²) in [5, 5.41) is 20.4. The van der Waals surface area contributed by atoms with E-state index in [1.807, 2.05) is 28.6 Å². The number of aliphatic carboxylic acids is 1. The van der Waals surface area contributed by atoms with E-state index in [-0.39, 0.29) is 29.7 Å². The van der Waals surface area contributed by atoms with Crippen molar-refractivity contribution in [3.8, 4) is 0 Å². The van der Waals surface area contributed by atoms with Crippen molar-refractivity contribution in [3.63, 3.8) is 0 Å². The number of amidine groups is 1. The number of carboxylic acids is 1. The standard InChI is InChI=1S/C25H30N6O4S.ClH/c1-30-18-7-6-15(25(9-10-25)29-22(32)20(24(34)35)14-4-2-3-5-14)12-16(18)28-17(23(30)33)13-31-11-8-19(36-31)21(26)27;/h6-8,12,14,20H,2-5,9-11,13H2,1H3,(H3,26,27)(H,29,32)(H,34,35);1H. The van der Waals surface area contributed by atoms with Crippen LogP contribution in [0.4, 0.5) is 0 Å². The largest absolute Gasteiger partial charge is 0.481 e. The van der Waals surface area contributed by atoms with Gasteiger partial charge in [0.2, 0.25) is 5.91 Å². The number of nitrogens with two attached hydrogens (primary N) is 1. The van der Waals surface area contributed by atoms with Crippen LogP contribution in [0.3, 0.4) is 0 Å². The van der Waals surface area contributed by atoms with Crippen molar-refractivity contribution in [1.82, 2.24) is 19.2 Å². The molecule has 10 nitrogen and oxygen atoms in total. The molecular formula is C25H31ClN6O4S. The van der Waals surface area contributed by atoms with Crippen molar-refractivity contribution >= 4 is 53.1 Å². The summed E-state index contributed by atoms with van der Waals surface area (Å²) < 4.78 is 3.49. The number of carboxylic acid groups (broad SMARTS) is 1. The second-order valence-electron chi connectivity index (χ2n) is 9.95. The van der Waals surface area contributed by atoms with Gasteiger partial charge >= 0.3 is 5.97 Å². The first-order valence-electron chi connectivity index (χ1n) is 12.2. The number of aryl methyl sites for hydroxylation is 1. The molecule has 198 valence electrons. The first-order valence-corrected chi connectivity index (χ1v) is 13.0. The van der Waals surface area contributed by atoms with Crippen molar-refractivity contribution in [2.24, 2.45) is 24.6 Å². The number of fused-ring (bicyclic) bond motifs is 1. The first-order chi connectivity index (χ1) is 17.2. The van der Waals surface area contributed by atoms with E-state index >= 15 is 0 Å². The molecule has 5 rings (SSSR count). The number of rotatable bonds is 8. The highest BCUT2D eigenvalue weighted by Crippen LogP contribution is 2.46. The van der Waals surface area contributed by atoms with Crippen LogP contribution in [0.5, 0.6) is 0 Å². The lowest BCUT2D eigenvalue weighted by Gasteiger charge is -2.24. The third kappa shape index (κ3) is 5.25. The predicted molar refractivity (Wildman–Crippen MR) is 144 cm³/mol. The Labute approximate surface area is 224 Å². The molecule has 0 radical (unpaired) electrons. The molecule has 12 heteroatoms. The number of halogens is 1. The van der Waals surface area contributed by atoms with Gasteiger partial charge in [-0.25, -0.2) is 9.29 Å². The molecule has 5 N–H and O–H groups in total. The minimum atomic E-state index is -1.06. The van der Waals surface area contributed by atoms with Gasteiger partial charge < -0.3 is 20.7 Å². The molecule has 1 aromatic carbocycles. The minimum Gasteiger partial charge on any atom is -0.481 e. The summed E-state index contributed by atoms with van der Waals surface area (Å²) in [4.78, 5) is 43.3. The highest BCUT2D eigenvalue weighted by atomic mass is 35.5. The molecule has 1 aromatic heterocycles. The summed E-state index contributed by atoms with van der Waals surface area (Å²) in [6, 6.07) is 5.62. The molecule has 2 saturated carbocycles. The second kappa shape index (κ2) is 10.5. The number of amides is 1. The third-order valence-corrected chi connectivity index (χ3v) is 8.65. The van der Waals surface area contributed by atoms with E-state index in [0.29, 0.717) is 34.7 Å². The van der Waals surface area contributed by atoms with Crippen LogP contribution < -0.4 is 16.6 Å². The Morgan fingerprint density at radius 3 is 2.62 bits per heavy atom. The van der Waals surface area contributed by atoms with Crippen LogP contribution in [0.2, 0.25) is 0 Å². The summed E-state index contributed by atoms with van der Waals surface area (Å²) in [5.41, 5.74) is 7.35.